The highest BCUT2D eigenvalue weighted by Gasteiger charge is 2.18. The highest BCUT2D eigenvalue weighted by atomic mass is 16.5. The molecule has 0 heterocycles. The predicted molar refractivity (Wildman–Crippen MR) is 112 cm³/mol. The van der Waals surface area contributed by atoms with Gasteiger partial charge in [0, 0.05) is 0 Å². The van der Waals surface area contributed by atoms with E-state index in [1.54, 1.807) is 61.7 Å². The van der Waals surface area contributed by atoms with Crippen molar-refractivity contribution in [2.45, 2.75) is 20.3 Å². The zero-order chi connectivity index (χ0) is 21.2. The SMILES string of the molecule is COc1ccc(C=C(NC(=O)c2ccccc2OC)C(=O)OCCC(C)C)cc1. The van der Waals surface area contributed by atoms with Crippen molar-refractivity contribution < 1.29 is 23.8 Å². The Morgan fingerprint density at radius 3 is 2.31 bits per heavy atom. The Morgan fingerprint density at radius 1 is 1.00 bits per heavy atom. The van der Waals surface area contributed by atoms with Gasteiger partial charge in [0.1, 0.15) is 17.2 Å². The van der Waals surface area contributed by atoms with Gasteiger partial charge >= 0.3 is 5.97 Å². The zero-order valence-corrected chi connectivity index (χ0v) is 17.2. The molecule has 0 aliphatic heterocycles. The van der Waals surface area contributed by atoms with Gasteiger partial charge in [-0.15, -0.1) is 0 Å². The largest absolute Gasteiger partial charge is 0.497 e. The van der Waals surface area contributed by atoms with Gasteiger partial charge in [-0.1, -0.05) is 38.1 Å². The maximum atomic E-state index is 12.8. The third-order valence-electron chi connectivity index (χ3n) is 4.17. The number of amides is 1. The van der Waals surface area contributed by atoms with E-state index < -0.39 is 11.9 Å². The number of hydrogen-bond donors (Lipinski definition) is 1. The molecule has 6 nitrogen and oxygen atoms in total. The Hall–Kier alpha value is -3.28. The number of ether oxygens (including phenoxy) is 3. The molecule has 0 saturated carbocycles. The second kappa shape index (κ2) is 10.9. The van der Waals surface area contributed by atoms with E-state index in [0.717, 1.165) is 12.0 Å². The normalized spacial score (nSPS) is 11.1. The Morgan fingerprint density at radius 2 is 1.69 bits per heavy atom. The van der Waals surface area contributed by atoms with Crippen LogP contribution in [0.3, 0.4) is 0 Å². The van der Waals surface area contributed by atoms with Crippen molar-refractivity contribution in [2.24, 2.45) is 5.92 Å². The molecule has 0 radical (unpaired) electrons. The number of carbonyl (C=O) groups excluding carboxylic acids is 2. The summed E-state index contributed by atoms with van der Waals surface area (Å²) in [4.78, 5) is 25.4. The maximum absolute atomic E-state index is 12.8. The summed E-state index contributed by atoms with van der Waals surface area (Å²) in [6.07, 6.45) is 2.31. The van der Waals surface area contributed by atoms with E-state index in [1.807, 2.05) is 13.8 Å². The Kier molecular flexibility index (Phi) is 8.27. The van der Waals surface area contributed by atoms with Crippen LogP contribution in [0, 0.1) is 5.92 Å². The lowest BCUT2D eigenvalue weighted by atomic mass is 10.1. The average molecular weight is 397 g/mol. The van der Waals surface area contributed by atoms with Gasteiger partial charge in [0.2, 0.25) is 0 Å². The maximum Gasteiger partial charge on any atom is 0.354 e. The molecule has 0 atom stereocenters. The quantitative estimate of drug-likeness (QED) is 0.510. The van der Waals surface area contributed by atoms with Crippen LogP contribution in [0.4, 0.5) is 0 Å². The molecule has 0 fully saturated rings. The smallest absolute Gasteiger partial charge is 0.354 e. The van der Waals surface area contributed by atoms with E-state index in [-0.39, 0.29) is 12.3 Å². The van der Waals surface area contributed by atoms with Crippen LogP contribution in [0.2, 0.25) is 0 Å². The Labute approximate surface area is 171 Å². The van der Waals surface area contributed by atoms with Gasteiger partial charge in [-0.25, -0.2) is 4.79 Å². The lowest BCUT2D eigenvalue weighted by molar-refractivity contribution is -0.139. The monoisotopic (exact) mass is 397 g/mol. The van der Waals surface area contributed by atoms with Gasteiger partial charge in [-0.2, -0.15) is 0 Å². The number of esters is 1. The molecule has 0 saturated heterocycles. The summed E-state index contributed by atoms with van der Waals surface area (Å²) in [6, 6.07) is 13.9. The summed E-state index contributed by atoms with van der Waals surface area (Å²) in [5.41, 5.74) is 1.10. The van der Waals surface area contributed by atoms with Gasteiger partial charge in [-0.05, 0) is 48.2 Å². The second-order valence-electron chi connectivity index (χ2n) is 6.80. The highest BCUT2D eigenvalue weighted by Crippen LogP contribution is 2.19. The number of hydrogen-bond acceptors (Lipinski definition) is 5. The van der Waals surface area contributed by atoms with Crippen molar-refractivity contribution in [2.75, 3.05) is 20.8 Å². The number of benzene rings is 2. The second-order valence-corrected chi connectivity index (χ2v) is 6.80. The molecule has 1 amide bonds. The summed E-state index contributed by atoms with van der Waals surface area (Å²) in [5, 5.41) is 2.66. The van der Waals surface area contributed by atoms with Crippen LogP contribution in [0.5, 0.6) is 11.5 Å². The fourth-order valence-corrected chi connectivity index (χ4v) is 2.50. The van der Waals surface area contributed by atoms with E-state index in [0.29, 0.717) is 23.0 Å². The first-order chi connectivity index (χ1) is 13.9. The fourth-order valence-electron chi connectivity index (χ4n) is 2.50. The van der Waals surface area contributed by atoms with Crippen molar-refractivity contribution in [1.29, 1.82) is 0 Å². The molecule has 154 valence electrons. The van der Waals surface area contributed by atoms with Gasteiger partial charge in [0.15, 0.2) is 0 Å². The van der Waals surface area contributed by atoms with Crippen LogP contribution >= 0.6 is 0 Å². The summed E-state index contributed by atoms with van der Waals surface area (Å²) in [7, 11) is 3.07. The molecule has 2 rings (SSSR count). The molecule has 2 aromatic carbocycles. The molecule has 2 aromatic rings. The van der Waals surface area contributed by atoms with Crippen molar-refractivity contribution in [3.05, 3.63) is 65.4 Å². The first kappa shape index (κ1) is 22.0. The number of carbonyl (C=O) groups is 2. The summed E-state index contributed by atoms with van der Waals surface area (Å²) >= 11 is 0. The van der Waals surface area contributed by atoms with E-state index in [4.69, 9.17) is 14.2 Å². The first-order valence-electron chi connectivity index (χ1n) is 9.41. The van der Waals surface area contributed by atoms with E-state index in [1.165, 1.54) is 7.11 Å². The summed E-state index contributed by atoms with van der Waals surface area (Å²) < 4.78 is 15.7. The number of rotatable bonds is 9. The van der Waals surface area contributed by atoms with E-state index >= 15 is 0 Å². The van der Waals surface area contributed by atoms with Crippen molar-refractivity contribution in [3.8, 4) is 11.5 Å². The van der Waals surface area contributed by atoms with Crippen LogP contribution < -0.4 is 14.8 Å². The number of para-hydroxylation sites is 1. The lowest BCUT2D eigenvalue weighted by Crippen LogP contribution is -2.29. The number of nitrogens with one attached hydrogen (secondary N) is 1. The molecule has 0 bridgehead atoms. The molecule has 29 heavy (non-hydrogen) atoms. The Bertz CT molecular complexity index is 856. The minimum atomic E-state index is -0.593. The van der Waals surface area contributed by atoms with Crippen LogP contribution in [0.15, 0.2) is 54.2 Å². The molecule has 0 aliphatic rings. The van der Waals surface area contributed by atoms with Crippen LogP contribution in [0.25, 0.3) is 6.08 Å². The minimum Gasteiger partial charge on any atom is -0.497 e. The average Bonchev–Trinajstić information content (AvgIpc) is 2.73. The van der Waals surface area contributed by atoms with Crippen molar-refractivity contribution in [3.63, 3.8) is 0 Å². The molecule has 0 aromatic heterocycles. The summed E-state index contributed by atoms with van der Waals surface area (Å²) in [5.74, 6) is 0.468. The molecular formula is C23H27NO5. The molecule has 1 N–H and O–H groups in total. The molecule has 0 spiro atoms. The fraction of sp³-hybridized carbons (Fsp3) is 0.304. The first-order valence-corrected chi connectivity index (χ1v) is 9.41. The Balaban J connectivity index is 2.26. The predicted octanol–water partition coefficient (Wildman–Crippen LogP) is 4.06. The van der Waals surface area contributed by atoms with Crippen LogP contribution in [-0.2, 0) is 9.53 Å². The van der Waals surface area contributed by atoms with Gasteiger partial charge in [0.25, 0.3) is 5.91 Å². The topological polar surface area (TPSA) is 73.9 Å². The lowest BCUT2D eigenvalue weighted by Gasteiger charge is -2.13. The van der Waals surface area contributed by atoms with Crippen LogP contribution in [-0.4, -0.2) is 32.7 Å². The zero-order valence-electron chi connectivity index (χ0n) is 17.2. The number of methoxy groups -OCH3 is 2. The molecule has 0 aliphatic carbocycles. The third-order valence-corrected chi connectivity index (χ3v) is 4.17. The standard InChI is InChI=1S/C23H27NO5/c1-16(2)13-14-29-23(26)20(15-17-9-11-18(27-3)12-10-17)24-22(25)19-7-5-6-8-21(19)28-4/h5-12,15-16H,13-14H2,1-4H3,(H,24,25). The minimum absolute atomic E-state index is 0.0508. The van der Waals surface area contributed by atoms with Crippen molar-refractivity contribution in [1.82, 2.24) is 5.32 Å². The molecule has 6 heteroatoms. The summed E-state index contributed by atoms with van der Waals surface area (Å²) in [6.45, 7) is 4.37. The van der Waals surface area contributed by atoms with Crippen molar-refractivity contribution >= 4 is 18.0 Å². The third kappa shape index (κ3) is 6.68. The van der Waals surface area contributed by atoms with Gasteiger partial charge in [-0.3, -0.25) is 4.79 Å². The van der Waals surface area contributed by atoms with Crippen LogP contribution in [0.1, 0.15) is 36.2 Å². The van der Waals surface area contributed by atoms with Gasteiger partial charge in [0.05, 0.1) is 26.4 Å². The molecule has 0 unspecified atom stereocenters. The van der Waals surface area contributed by atoms with E-state index in [9.17, 15) is 9.59 Å². The molecular weight excluding hydrogens is 370 g/mol. The van der Waals surface area contributed by atoms with Gasteiger partial charge < -0.3 is 19.5 Å². The van der Waals surface area contributed by atoms with E-state index in [2.05, 4.69) is 5.32 Å². The highest BCUT2D eigenvalue weighted by molar-refractivity contribution is 6.04.